The van der Waals surface area contributed by atoms with E-state index in [2.05, 4.69) is 20.9 Å². The van der Waals surface area contributed by atoms with Crippen molar-refractivity contribution in [3.05, 3.63) is 60.6 Å². The summed E-state index contributed by atoms with van der Waals surface area (Å²) in [5, 5.41) is 19.0. The number of carbonyl (C=O) groups excluding carboxylic acids is 2. The highest BCUT2D eigenvalue weighted by Gasteiger charge is 2.37. The van der Waals surface area contributed by atoms with Crippen molar-refractivity contribution in [2.24, 2.45) is 0 Å². The Kier molecular flexibility index (Phi) is 9.50. The zero-order chi connectivity index (χ0) is 29.5. The van der Waals surface area contributed by atoms with Gasteiger partial charge in [-0.25, -0.2) is 23.0 Å². The molecule has 0 saturated carbocycles. The molecule has 0 aliphatic carbocycles. The van der Waals surface area contributed by atoms with Gasteiger partial charge in [-0.2, -0.15) is 0 Å². The number of nitrogens with zero attached hydrogens (tertiary/aromatic N) is 1. The molecule has 0 spiro atoms. The number of oxazole rings is 1. The fourth-order valence-corrected chi connectivity index (χ4v) is 6.14. The van der Waals surface area contributed by atoms with Gasteiger partial charge in [0.25, 0.3) is 0 Å². The van der Waals surface area contributed by atoms with Gasteiger partial charge in [-0.15, -0.1) is 0 Å². The summed E-state index contributed by atoms with van der Waals surface area (Å²) >= 11 is 0. The van der Waals surface area contributed by atoms with Gasteiger partial charge in [-0.05, 0) is 49.1 Å². The predicted molar refractivity (Wildman–Crippen MR) is 152 cm³/mol. The highest BCUT2D eigenvalue weighted by atomic mass is 32.2. The third-order valence-electron chi connectivity index (χ3n) is 6.87. The van der Waals surface area contributed by atoms with Gasteiger partial charge >= 0.3 is 12.1 Å². The van der Waals surface area contributed by atoms with Crippen molar-refractivity contribution < 1.29 is 37.0 Å². The summed E-state index contributed by atoms with van der Waals surface area (Å²) < 4.78 is 39.6. The van der Waals surface area contributed by atoms with Crippen LogP contribution in [0.25, 0.3) is 11.3 Å². The Hall–Kier alpha value is -4.10. The van der Waals surface area contributed by atoms with Crippen LogP contribution in [-0.2, 0) is 21.1 Å². The van der Waals surface area contributed by atoms with E-state index in [9.17, 15) is 23.1 Å². The number of aromatic nitrogens is 1. The van der Waals surface area contributed by atoms with E-state index < -0.39 is 33.7 Å². The molecule has 3 aromatic rings. The minimum atomic E-state index is -3.12. The average Bonchev–Trinajstić information content (AvgIpc) is 3.48. The molecule has 1 atom stereocenters. The van der Waals surface area contributed by atoms with Crippen LogP contribution in [0.15, 0.2) is 59.5 Å². The van der Waals surface area contributed by atoms with E-state index in [0.717, 1.165) is 5.56 Å². The fourth-order valence-electron chi connectivity index (χ4n) is 4.56. The van der Waals surface area contributed by atoms with Crippen LogP contribution >= 0.6 is 0 Å². The summed E-state index contributed by atoms with van der Waals surface area (Å²) in [4.78, 5) is 29.0. The molecule has 2 heterocycles. The molecule has 1 aromatic heterocycles. The number of hydrogen-bond acceptors (Lipinski definition) is 9. The van der Waals surface area contributed by atoms with Crippen LogP contribution in [0.4, 0.5) is 21.0 Å². The molecular weight excluding hydrogens is 552 g/mol. The van der Waals surface area contributed by atoms with Crippen LogP contribution in [0.3, 0.4) is 0 Å². The lowest BCUT2D eigenvalue weighted by molar-refractivity contribution is -0.0241. The van der Waals surface area contributed by atoms with Crippen molar-refractivity contribution in [1.82, 2.24) is 10.3 Å². The summed E-state index contributed by atoms with van der Waals surface area (Å²) in [5.41, 5.74) is 1.27. The molecule has 3 amide bonds. The van der Waals surface area contributed by atoms with Crippen LogP contribution in [0.1, 0.15) is 38.2 Å². The summed E-state index contributed by atoms with van der Waals surface area (Å²) in [6, 6.07) is 11.6. The van der Waals surface area contributed by atoms with Crippen molar-refractivity contribution in [3.8, 4) is 17.1 Å². The molecule has 220 valence electrons. The number of alkyl carbamates (subject to hydrolysis) is 1. The van der Waals surface area contributed by atoms with Crippen LogP contribution in [0.2, 0.25) is 0 Å². The van der Waals surface area contributed by atoms with E-state index in [1.807, 2.05) is 6.92 Å². The maximum Gasteiger partial charge on any atom is 0.407 e. The molecule has 4 rings (SSSR count). The van der Waals surface area contributed by atoms with Gasteiger partial charge in [0.15, 0.2) is 22.0 Å². The lowest BCUT2D eigenvalue weighted by Gasteiger charge is -2.34. The number of ether oxygens (including phenoxy) is 2. The Balaban J connectivity index is 1.27. The van der Waals surface area contributed by atoms with E-state index in [4.69, 9.17) is 13.9 Å². The number of carbonyl (C=O) groups is 2. The summed E-state index contributed by atoms with van der Waals surface area (Å²) in [6.07, 6.45) is 2.60. The van der Waals surface area contributed by atoms with E-state index in [1.165, 1.54) is 13.5 Å². The minimum absolute atomic E-state index is 0.0707. The second-order valence-electron chi connectivity index (χ2n) is 9.93. The molecule has 1 saturated heterocycles. The summed E-state index contributed by atoms with van der Waals surface area (Å²) in [7, 11) is -1.60. The number of anilines is 2. The molecule has 1 fully saturated rings. The monoisotopic (exact) mass is 586 g/mol. The summed E-state index contributed by atoms with van der Waals surface area (Å²) in [5.74, 6) is 0.902. The zero-order valence-corrected chi connectivity index (χ0v) is 23.7. The van der Waals surface area contributed by atoms with Crippen LogP contribution in [-0.4, -0.2) is 61.0 Å². The number of aliphatic hydroxyl groups is 1. The molecule has 13 heteroatoms. The third kappa shape index (κ3) is 8.44. The number of benzene rings is 2. The molecule has 0 bridgehead atoms. The van der Waals surface area contributed by atoms with Crippen LogP contribution in [0.5, 0.6) is 5.75 Å². The highest BCUT2D eigenvalue weighted by molar-refractivity contribution is 7.91. The molecular formula is C28H34N4O8S. The molecule has 1 aliphatic rings. The maximum atomic E-state index is 12.6. The van der Waals surface area contributed by atoms with Gasteiger partial charge in [0.05, 0.1) is 36.0 Å². The molecule has 2 aromatic carbocycles. The lowest BCUT2D eigenvalue weighted by Crippen LogP contribution is -2.43. The Morgan fingerprint density at radius 2 is 1.85 bits per heavy atom. The highest BCUT2D eigenvalue weighted by Crippen LogP contribution is 2.32. The van der Waals surface area contributed by atoms with Crippen molar-refractivity contribution >= 4 is 33.3 Å². The molecule has 1 unspecified atom stereocenters. The van der Waals surface area contributed by atoms with Gasteiger partial charge < -0.3 is 34.9 Å². The van der Waals surface area contributed by atoms with E-state index in [0.29, 0.717) is 34.9 Å². The van der Waals surface area contributed by atoms with Crippen molar-refractivity contribution in [3.63, 3.8) is 0 Å². The molecule has 4 N–H and O–H groups in total. The first-order valence-corrected chi connectivity index (χ1v) is 15.0. The van der Waals surface area contributed by atoms with Crippen molar-refractivity contribution in [2.45, 2.75) is 50.9 Å². The Morgan fingerprint density at radius 3 is 2.51 bits per heavy atom. The normalized spacial score (nSPS) is 16.3. The minimum Gasteiger partial charge on any atom is -0.496 e. The second kappa shape index (κ2) is 13.0. The molecule has 41 heavy (non-hydrogen) atoms. The Morgan fingerprint density at radius 1 is 1.12 bits per heavy atom. The molecule has 1 aliphatic heterocycles. The van der Waals surface area contributed by atoms with Crippen molar-refractivity contribution in [1.29, 1.82) is 0 Å². The third-order valence-corrected chi connectivity index (χ3v) is 8.52. The molecule has 12 nitrogen and oxygen atoms in total. The molecule has 0 radical (unpaired) electrons. The first-order chi connectivity index (χ1) is 19.6. The zero-order valence-electron chi connectivity index (χ0n) is 22.9. The van der Waals surface area contributed by atoms with Crippen molar-refractivity contribution in [2.75, 3.05) is 29.2 Å². The Bertz CT molecular complexity index is 1450. The number of amides is 3. The second-order valence-corrected chi connectivity index (χ2v) is 12.2. The SMILES string of the molecule is CCC(CC1(O)CCS(=O)(=O)CC1)OC(=O)NCc1cccc(NC(=O)Nc2ccc(-c3cnco3)c(OC)c2)c1. The topological polar surface area (TPSA) is 169 Å². The predicted octanol–water partition coefficient (Wildman–Crippen LogP) is 4.33. The van der Waals surface area contributed by atoms with E-state index in [1.54, 1.807) is 48.7 Å². The number of urea groups is 1. The standard InChI is InChI=1S/C28H34N4O8S/c1-3-22(15-28(35)9-11-41(36,37)12-10-28)40-27(34)30-16-19-5-4-6-20(13-19)31-26(33)32-21-7-8-23(24(14-21)38-2)25-17-29-18-39-25/h4-8,13-14,17-18,22,35H,3,9-12,15-16H2,1-2H3,(H,30,34)(H2,31,32,33). The number of nitrogens with one attached hydrogen (secondary N) is 3. The first-order valence-electron chi connectivity index (χ1n) is 13.2. The fraction of sp³-hybridized carbons (Fsp3) is 0.393. The number of methoxy groups -OCH3 is 1. The van der Waals surface area contributed by atoms with Gasteiger partial charge in [0.1, 0.15) is 11.9 Å². The lowest BCUT2D eigenvalue weighted by atomic mass is 9.89. The van der Waals surface area contributed by atoms with Gasteiger partial charge in [0.2, 0.25) is 0 Å². The van der Waals surface area contributed by atoms with Crippen LogP contribution in [0, 0.1) is 0 Å². The Labute approximate surface area is 238 Å². The largest absolute Gasteiger partial charge is 0.496 e. The quantitative estimate of drug-likeness (QED) is 0.270. The number of sulfone groups is 1. The number of hydrogen-bond donors (Lipinski definition) is 4. The van der Waals surface area contributed by atoms with Gasteiger partial charge in [0, 0.05) is 30.4 Å². The smallest absolute Gasteiger partial charge is 0.407 e. The van der Waals surface area contributed by atoms with Gasteiger partial charge in [-0.3, -0.25) is 0 Å². The van der Waals surface area contributed by atoms with E-state index >= 15 is 0 Å². The number of rotatable bonds is 10. The first kappa shape index (κ1) is 29.9. The summed E-state index contributed by atoms with van der Waals surface area (Å²) in [6.45, 7) is 1.98. The average molecular weight is 587 g/mol. The maximum absolute atomic E-state index is 12.6. The van der Waals surface area contributed by atoms with Crippen LogP contribution < -0.4 is 20.7 Å². The van der Waals surface area contributed by atoms with E-state index in [-0.39, 0.29) is 37.3 Å². The van der Waals surface area contributed by atoms with Gasteiger partial charge in [-0.1, -0.05) is 19.1 Å².